The summed E-state index contributed by atoms with van der Waals surface area (Å²) >= 11 is 0. The SMILES string of the molecule is CN=C(NCCCOC)NCCCc1cnn(C)c1. The molecule has 0 amide bonds. The lowest BCUT2D eigenvalue weighted by Gasteiger charge is -2.11. The molecule has 2 N–H and O–H groups in total. The monoisotopic (exact) mass is 267 g/mol. The van der Waals surface area contributed by atoms with Gasteiger partial charge in [-0.15, -0.1) is 0 Å². The molecule has 1 rings (SSSR count). The molecule has 108 valence electrons. The van der Waals surface area contributed by atoms with Crippen LogP contribution in [0, 0.1) is 0 Å². The first-order valence-corrected chi connectivity index (χ1v) is 6.67. The Hall–Kier alpha value is -1.56. The number of hydrogen-bond donors (Lipinski definition) is 2. The molecule has 0 unspecified atom stereocenters. The lowest BCUT2D eigenvalue weighted by atomic mass is 10.2. The summed E-state index contributed by atoms with van der Waals surface area (Å²) in [6.07, 6.45) is 7.04. The van der Waals surface area contributed by atoms with Gasteiger partial charge in [0, 0.05) is 47.1 Å². The molecule has 0 radical (unpaired) electrons. The zero-order valence-electron chi connectivity index (χ0n) is 12.1. The summed E-state index contributed by atoms with van der Waals surface area (Å²) in [4.78, 5) is 4.17. The highest BCUT2D eigenvalue weighted by Crippen LogP contribution is 1.99. The van der Waals surface area contributed by atoms with Crippen molar-refractivity contribution in [2.24, 2.45) is 12.0 Å². The number of rotatable bonds is 8. The molecule has 19 heavy (non-hydrogen) atoms. The van der Waals surface area contributed by atoms with Gasteiger partial charge in [0.2, 0.25) is 0 Å². The standard InChI is InChI=1S/C13H25N5O/c1-14-13(16-8-5-9-19-3)15-7-4-6-12-10-17-18(2)11-12/h10-11H,4-9H2,1-3H3,(H2,14,15,16). The van der Waals surface area contributed by atoms with E-state index in [1.165, 1.54) is 5.56 Å². The third-order valence-corrected chi connectivity index (χ3v) is 2.73. The van der Waals surface area contributed by atoms with E-state index in [1.807, 2.05) is 17.9 Å². The van der Waals surface area contributed by atoms with Gasteiger partial charge in [-0.3, -0.25) is 9.67 Å². The molecule has 6 nitrogen and oxygen atoms in total. The second kappa shape index (κ2) is 9.38. The Morgan fingerprint density at radius 1 is 1.37 bits per heavy atom. The third kappa shape index (κ3) is 6.81. The van der Waals surface area contributed by atoms with E-state index in [9.17, 15) is 0 Å². The lowest BCUT2D eigenvalue weighted by molar-refractivity contribution is 0.195. The minimum Gasteiger partial charge on any atom is -0.385 e. The molecule has 0 atom stereocenters. The van der Waals surface area contributed by atoms with Crippen LogP contribution < -0.4 is 10.6 Å². The van der Waals surface area contributed by atoms with Gasteiger partial charge in [0.15, 0.2) is 5.96 Å². The third-order valence-electron chi connectivity index (χ3n) is 2.73. The van der Waals surface area contributed by atoms with E-state index in [2.05, 4.69) is 26.9 Å². The summed E-state index contributed by atoms with van der Waals surface area (Å²) in [5.74, 6) is 0.849. The van der Waals surface area contributed by atoms with Crippen LogP contribution in [-0.2, 0) is 18.2 Å². The molecule has 0 saturated heterocycles. The molecule has 6 heteroatoms. The number of guanidine groups is 1. The molecule has 0 aliphatic heterocycles. The number of aromatic nitrogens is 2. The summed E-state index contributed by atoms with van der Waals surface area (Å²) in [6.45, 7) is 2.54. The maximum atomic E-state index is 5.00. The highest BCUT2D eigenvalue weighted by molar-refractivity contribution is 5.79. The molecule has 0 aliphatic carbocycles. The van der Waals surface area contributed by atoms with Crippen molar-refractivity contribution in [1.29, 1.82) is 0 Å². The van der Waals surface area contributed by atoms with Crippen LogP contribution in [0.15, 0.2) is 17.4 Å². The predicted molar refractivity (Wildman–Crippen MR) is 77.4 cm³/mol. The Kier molecular flexibility index (Phi) is 7.65. The van der Waals surface area contributed by atoms with Gasteiger partial charge in [-0.05, 0) is 24.8 Å². The zero-order valence-corrected chi connectivity index (χ0v) is 12.1. The second-order valence-corrected chi connectivity index (χ2v) is 4.40. The van der Waals surface area contributed by atoms with Crippen molar-refractivity contribution in [2.45, 2.75) is 19.3 Å². The molecule has 0 saturated carbocycles. The number of methoxy groups -OCH3 is 1. The van der Waals surface area contributed by atoms with Gasteiger partial charge in [0.05, 0.1) is 6.20 Å². The van der Waals surface area contributed by atoms with E-state index in [0.717, 1.165) is 44.9 Å². The van der Waals surface area contributed by atoms with E-state index >= 15 is 0 Å². The molecule has 0 bridgehead atoms. The maximum absolute atomic E-state index is 5.00. The van der Waals surface area contributed by atoms with Gasteiger partial charge in [-0.1, -0.05) is 0 Å². The number of nitrogens with one attached hydrogen (secondary N) is 2. The molecular weight excluding hydrogens is 242 g/mol. The van der Waals surface area contributed by atoms with Gasteiger partial charge in [-0.25, -0.2) is 0 Å². The Bertz CT molecular complexity index is 375. The van der Waals surface area contributed by atoms with Crippen molar-refractivity contribution in [2.75, 3.05) is 33.9 Å². The van der Waals surface area contributed by atoms with Gasteiger partial charge in [-0.2, -0.15) is 5.10 Å². The number of ether oxygens (including phenoxy) is 1. The largest absolute Gasteiger partial charge is 0.385 e. The number of hydrogen-bond acceptors (Lipinski definition) is 3. The van der Waals surface area contributed by atoms with Crippen molar-refractivity contribution in [3.8, 4) is 0 Å². The minimum absolute atomic E-state index is 0.769. The molecule has 1 aromatic rings. The number of nitrogens with zero attached hydrogens (tertiary/aromatic N) is 3. The van der Waals surface area contributed by atoms with E-state index in [-0.39, 0.29) is 0 Å². The fraction of sp³-hybridized carbons (Fsp3) is 0.692. The van der Waals surface area contributed by atoms with Crippen LogP contribution in [-0.4, -0.2) is 49.6 Å². The van der Waals surface area contributed by atoms with Crippen LogP contribution in [0.1, 0.15) is 18.4 Å². The lowest BCUT2D eigenvalue weighted by Crippen LogP contribution is -2.38. The zero-order chi connectivity index (χ0) is 13.9. The Balaban J connectivity index is 2.09. The minimum atomic E-state index is 0.769. The number of aliphatic imine (C=N–C) groups is 1. The Morgan fingerprint density at radius 2 is 2.11 bits per heavy atom. The highest BCUT2D eigenvalue weighted by Gasteiger charge is 1.98. The first kappa shape index (κ1) is 15.5. The summed E-state index contributed by atoms with van der Waals surface area (Å²) in [5.41, 5.74) is 1.27. The van der Waals surface area contributed by atoms with Crippen molar-refractivity contribution >= 4 is 5.96 Å². The summed E-state index contributed by atoms with van der Waals surface area (Å²) < 4.78 is 6.83. The number of aryl methyl sites for hydroxylation is 2. The van der Waals surface area contributed by atoms with Crippen LogP contribution in [0.4, 0.5) is 0 Å². The predicted octanol–water partition coefficient (Wildman–Crippen LogP) is 0.554. The molecule has 0 aliphatic rings. The molecule has 0 fully saturated rings. The van der Waals surface area contributed by atoms with E-state index in [0.29, 0.717) is 0 Å². The molecular formula is C13H25N5O. The van der Waals surface area contributed by atoms with Crippen molar-refractivity contribution in [3.05, 3.63) is 18.0 Å². The first-order chi connectivity index (χ1) is 9.26. The van der Waals surface area contributed by atoms with Crippen LogP contribution in [0.2, 0.25) is 0 Å². The van der Waals surface area contributed by atoms with Crippen LogP contribution in [0.25, 0.3) is 0 Å². The summed E-state index contributed by atoms with van der Waals surface area (Å²) in [6, 6.07) is 0. The normalized spacial score (nSPS) is 11.6. The molecule has 1 aromatic heterocycles. The van der Waals surface area contributed by atoms with Crippen molar-refractivity contribution in [1.82, 2.24) is 20.4 Å². The van der Waals surface area contributed by atoms with E-state index in [4.69, 9.17) is 4.74 Å². The van der Waals surface area contributed by atoms with E-state index in [1.54, 1.807) is 14.2 Å². The van der Waals surface area contributed by atoms with Gasteiger partial charge in [0.1, 0.15) is 0 Å². The fourth-order valence-electron chi connectivity index (χ4n) is 1.74. The van der Waals surface area contributed by atoms with E-state index < -0.39 is 0 Å². The maximum Gasteiger partial charge on any atom is 0.190 e. The fourth-order valence-corrected chi connectivity index (χ4v) is 1.74. The second-order valence-electron chi connectivity index (χ2n) is 4.40. The molecule has 0 spiro atoms. The van der Waals surface area contributed by atoms with Crippen LogP contribution in [0.5, 0.6) is 0 Å². The Labute approximate surface area is 115 Å². The molecule has 1 heterocycles. The highest BCUT2D eigenvalue weighted by atomic mass is 16.5. The summed E-state index contributed by atoms with van der Waals surface area (Å²) in [7, 11) is 5.44. The van der Waals surface area contributed by atoms with Gasteiger partial charge in [0.25, 0.3) is 0 Å². The topological polar surface area (TPSA) is 63.5 Å². The first-order valence-electron chi connectivity index (χ1n) is 6.67. The molecule has 0 aromatic carbocycles. The van der Waals surface area contributed by atoms with Crippen molar-refractivity contribution in [3.63, 3.8) is 0 Å². The summed E-state index contributed by atoms with van der Waals surface area (Å²) in [5, 5.41) is 10.7. The van der Waals surface area contributed by atoms with Crippen LogP contribution >= 0.6 is 0 Å². The quantitative estimate of drug-likeness (QED) is 0.410. The van der Waals surface area contributed by atoms with Crippen molar-refractivity contribution < 1.29 is 4.74 Å². The average Bonchev–Trinajstić information content (AvgIpc) is 2.82. The van der Waals surface area contributed by atoms with Crippen LogP contribution in [0.3, 0.4) is 0 Å². The van der Waals surface area contributed by atoms with Gasteiger partial charge >= 0.3 is 0 Å². The van der Waals surface area contributed by atoms with Gasteiger partial charge < -0.3 is 15.4 Å². The smallest absolute Gasteiger partial charge is 0.190 e. The Morgan fingerprint density at radius 3 is 2.68 bits per heavy atom. The average molecular weight is 267 g/mol.